The third-order valence-electron chi connectivity index (χ3n) is 2.41. The summed E-state index contributed by atoms with van der Waals surface area (Å²) in [7, 11) is 0. The van der Waals surface area contributed by atoms with Crippen molar-refractivity contribution in [2.45, 2.75) is 32.6 Å². The number of aliphatic imine (C=N–C) groups is 1. The molecule has 0 bridgehead atoms. The molecule has 0 saturated carbocycles. The third-order valence-corrected chi connectivity index (χ3v) is 2.41. The molecule has 0 atom stereocenters. The van der Waals surface area contributed by atoms with Crippen LogP contribution in [0.15, 0.2) is 28.8 Å². The molecule has 16 heavy (non-hydrogen) atoms. The smallest absolute Gasteiger partial charge is 0.228 e. The molecule has 0 radical (unpaired) electrons. The van der Waals surface area contributed by atoms with Crippen molar-refractivity contribution in [1.82, 2.24) is 5.32 Å². The minimum Gasteiger partial charge on any atom is -0.370 e. The van der Waals surface area contributed by atoms with Gasteiger partial charge >= 0.3 is 0 Å². The molecule has 1 heterocycles. The predicted molar refractivity (Wildman–Crippen MR) is 66.0 cm³/mol. The van der Waals surface area contributed by atoms with E-state index in [0.717, 1.165) is 6.42 Å². The zero-order valence-corrected chi connectivity index (χ0v) is 9.75. The first-order valence-electron chi connectivity index (χ1n) is 5.50. The van der Waals surface area contributed by atoms with Gasteiger partial charge in [0.15, 0.2) is 5.96 Å². The first-order chi connectivity index (χ1) is 7.58. The SMILES string of the molecule is C=C1CCC=C(C)C1.NC1=NCCC(=O)N1. The Morgan fingerprint density at radius 2 is 2.25 bits per heavy atom. The first kappa shape index (κ1) is 12.5. The van der Waals surface area contributed by atoms with E-state index in [9.17, 15) is 4.79 Å². The van der Waals surface area contributed by atoms with Crippen molar-refractivity contribution in [2.24, 2.45) is 10.7 Å². The first-order valence-corrected chi connectivity index (χ1v) is 5.50. The Hall–Kier alpha value is -1.58. The van der Waals surface area contributed by atoms with Crippen LogP contribution in [0.4, 0.5) is 0 Å². The number of nitrogens with zero attached hydrogens (tertiary/aromatic N) is 1. The van der Waals surface area contributed by atoms with Crippen molar-refractivity contribution in [3.63, 3.8) is 0 Å². The second-order valence-electron chi connectivity index (χ2n) is 4.08. The Labute approximate surface area is 96.3 Å². The average molecular weight is 221 g/mol. The van der Waals surface area contributed by atoms with E-state index in [-0.39, 0.29) is 11.9 Å². The Morgan fingerprint density at radius 3 is 2.62 bits per heavy atom. The molecule has 1 aliphatic carbocycles. The molecule has 0 fully saturated rings. The van der Waals surface area contributed by atoms with Gasteiger partial charge in [-0.15, -0.1) is 0 Å². The van der Waals surface area contributed by atoms with E-state index in [2.05, 4.69) is 29.9 Å². The summed E-state index contributed by atoms with van der Waals surface area (Å²) in [5, 5.41) is 2.37. The fourth-order valence-corrected chi connectivity index (χ4v) is 1.60. The molecule has 2 rings (SSSR count). The van der Waals surface area contributed by atoms with E-state index >= 15 is 0 Å². The molecule has 4 heteroatoms. The molecule has 0 spiro atoms. The minimum absolute atomic E-state index is 0.0440. The lowest BCUT2D eigenvalue weighted by atomic mass is 9.97. The zero-order valence-electron chi connectivity index (χ0n) is 9.75. The van der Waals surface area contributed by atoms with Crippen molar-refractivity contribution in [3.05, 3.63) is 23.8 Å². The highest BCUT2D eigenvalue weighted by molar-refractivity contribution is 5.97. The van der Waals surface area contributed by atoms with E-state index in [0.29, 0.717) is 13.0 Å². The number of hydrogen-bond donors (Lipinski definition) is 2. The largest absolute Gasteiger partial charge is 0.370 e. The van der Waals surface area contributed by atoms with E-state index in [1.807, 2.05) is 0 Å². The maximum atomic E-state index is 10.4. The fourth-order valence-electron chi connectivity index (χ4n) is 1.60. The van der Waals surface area contributed by atoms with Crippen LogP contribution in [-0.4, -0.2) is 18.4 Å². The van der Waals surface area contributed by atoms with Crippen LogP contribution in [0.5, 0.6) is 0 Å². The fraction of sp³-hybridized carbons (Fsp3) is 0.500. The molecule has 88 valence electrons. The van der Waals surface area contributed by atoms with E-state index in [1.54, 1.807) is 0 Å². The molecular formula is C12H19N3O. The summed E-state index contributed by atoms with van der Waals surface area (Å²) in [5.41, 5.74) is 8.02. The summed E-state index contributed by atoms with van der Waals surface area (Å²) in [6.45, 7) is 6.62. The van der Waals surface area contributed by atoms with E-state index in [4.69, 9.17) is 5.73 Å². The number of allylic oxidation sites excluding steroid dienone is 3. The number of hydrogen-bond acceptors (Lipinski definition) is 3. The summed E-state index contributed by atoms with van der Waals surface area (Å²) in [6, 6.07) is 0. The summed E-state index contributed by atoms with van der Waals surface area (Å²) in [6.07, 6.45) is 6.32. The number of guanidine groups is 1. The number of amides is 1. The van der Waals surface area contributed by atoms with Gasteiger partial charge in [-0.25, -0.2) is 0 Å². The quantitative estimate of drug-likeness (QED) is 0.609. The van der Waals surface area contributed by atoms with E-state index in [1.165, 1.54) is 24.0 Å². The zero-order chi connectivity index (χ0) is 12.0. The van der Waals surface area contributed by atoms with Crippen LogP contribution < -0.4 is 11.1 Å². The third kappa shape index (κ3) is 4.77. The molecular weight excluding hydrogens is 202 g/mol. The average Bonchev–Trinajstić information content (AvgIpc) is 2.17. The van der Waals surface area contributed by atoms with Crippen LogP contribution in [0.2, 0.25) is 0 Å². The van der Waals surface area contributed by atoms with E-state index < -0.39 is 0 Å². The minimum atomic E-state index is -0.0440. The molecule has 4 nitrogen and oxygen atoms in total. The van der Waals surface area contributed by atoms with Gasteiger partial charge in [0.05, 0.1) is 6.54 Å². The monoisotopic (exact) mass is 221 g/mol. The van der Waals surface area contributed by atoms with Crippen LogP contribution in [0.3, 0.4) is 0 Å². The highest BCUT2D eigenvalue weighted by Crippen LogP contribution is 2.20. The van der Waals surface area contributed by atoms with Gasteiger partial charge in [0, 0.05) is 6.42 Å². The second-order valence-corrected chi connectivity index (χ2v) is 4.08. The summed E-state index contributed by atoms with van der Waals surface area (Å²) in [5.74, 6) is 0.193. The van der Waals surface area contributed by atoms with Crippen LogP contribution in [0.1, 0.15) is 32.6 Å². The van der Waals surface area contributed by atoms with Crippen molar-refractivity contribution in [3.8, 4) is 0 Å². The van der Waals surface area contributed by atoms with Gasteiger partial charge in [-0.1, -0.05) is 23.8 Å². The lowest BCUT2D eigenvalue weighted by Gasteiger charge is -2.09. The molecule has 1 aliphatic heterocycles. The molecule has 0 aromatic rings. The standard InChI is InChI=1S/C8H12.C4H7N3O/c1-7-4-3-5-8(2)6-7;5-4-6-2-1-3(8)7-4/h5H,1,3-4,6H2,2H3;1-2H2,(H3,5,6,7,8). The summed E-state index contributed by atoms with van der Waals surface area (Å²) in [4.78, 5) is 14.1. The topological polar surface area (TPSA) is 67.5 Å². The van der Waals surface area contributed by atoms with Crippen molar-refractivity contribution in [2.75, 3.05) is 6.54 Å². The van der Waals surface area contributed by atoms with Gasteiger partial charge in [-0.3, -0.25) is 15.1 Å². The van der Waals surface area contributed by atoms with Gasteiger partial charge in [-0.2, -0.15) is 0 Å². The van der Waals surface area contributed by atoms with Crippen LogP contribution in [-0.2, 0) is 4.79 Å². The molecule has 0 aromatic carbocycles. The van der Waals surface area contributed by atoms with Crippen LogP contribution >= 0.6 is 0 Å². The molecule has 2 aliphatic rings. The van der Waals surface area contributed by atoms with Crippen molar-refractivity contribution < 1.29 is 4.79 Å². The van der Waals surface area contributed by atoms with Crippen molar-refractivity contribution in [1.29, 1.82) is 0 Å². The number of carbonyl (C=O) groups excluding carboxylic acids is 1. The lowest BCUT2D eigenvalue weighted by Crippen LogP contribution is -2.40. The van der Waals surface area contributed by atoms with Gasteiger partial charge in [0.1, 0.15) is 0 Å². The van der Waals surface area contributed by atoms with Gasteiger partial charge in [-0.05, 0) is 26.2 Å². The maximum absolute atomic E-state index is 10.4. The highest BCUT2D eigenvalue weighted by atomic mass is 16.1. The number of rotatable bonds is 0. The molecule has 0 unspecified atom stereocenters. The van der Waals surface area contributed by atoms with Gasteiger partial charge in [0.2, 0.25) is 5.91 Å². The molecule has 1 amide bonds. The maximum Gasteiger partial charge on any atom is 0.228 e. The van der Waals surface area contributed by atoms with Crippen molar-refractivity contribution >= 4 is 11.9 Å². The molecule has 3 N–H and O–H groups in total. The summed E-state index contributed by atoms with van der Waals surface area (Å²) < 4.78 is 0. The normalized spacial score (nSPS) is 20.1. The molecule has 0 aromatic heterocycles. The Kier molecular flexibility index (Phi) is 4.76. The second kappa shape index (κ2) is 6.10. The summed E-state index contributed by atoms with van der Waals surface area (Å²) >= 11 is 0. The number of nitrogens with one attached hydrogen (secondary N) is 1. The van der Waals surface area contributed by atoms with Gasteiger partial charge in [0.25, 0.3) is 0 Å². The Balaban J connectivity index is 0.000000160. The number of nitrogens with two attached hydrogens (primary N) is 1. The molecule has 0 saturated heterocycles. The highest BCUT2D eigenvalue weighted by Gasteiger charge is 2.06. The predicted octanol–water partition coefficient (Wildman–Crippen LogP) is 1.49. The van der Waals surface area contributed by atoms with Gasteiger partial charge < -0.3 is 5.73 Å². The lowest BCUT2D eigenvalue weighted by molar-refractivity contribution is -0.119. The Bertz CT molecular complexity index is 308. The number of carbonyl (C=O) groups is 1. The van der Waals surface area contributed by atoms with Crippen LogP contribution in [0, 0.1) is 0 Å². The Morgan fingerprint density at radius 1 is 1.50 bits per heavy atom. The van der Waals surface area contributed by atoms with Crippen LogP contribution in [0.25, 0.3) is 0 Å².